The van der Waals surface area contributed by atoms with Crippen LogP contribution in [0.1, 0.15) is 33.5 Å². The van der Waals surface area contributed by atoms with E-state index >= 15 is 0 Å². The highest BCUT2D eigenvalue weighted by Crippen LogP contribution is 2.34. The molecule has 0 bridgehead atoms. The van der Waals surface area contributed by atoms with Crippen LogP contribution in [0.25, 0.3) is 0 Å². The second kappa shape index (κ2) is 8.67. The lowest BCUT2D eigenvalue weighted by molar-refractivity contribution is 0.102. The average molecular weight is 451 g/mol. The maximum absolute atomic E-state index is 13.3. The quantitative estimate of drug-likeness (QED) is 0.611. The Kier molecular flexibility index (Phi) is 5.93. The Labute approximate surface area is 188 Å². The first-order valence-electron chi connectivity index (χ1n) is 10.5. The van der Waals surface area contributed by atoms with Crippen LogP contribution in [-0.4, -0.2) is 28.0 Å². The molecule has 3 aromatic rings. The lowest BCUT2D eigenvalue weighted by Gasteiger charge is -2.31. The standard InChI is InChI=1S/C25H26N2O4S/c1-17-13-18(2)15-20(14-17)25(28)26-21-6-11-24-19(16-21)5-4-12-27(24)32(29,30)23-9-7-22(31-3)8-10-23/h6-11,13-16H,4-5,12H2,1-3H3,(H,26,28). The summed E-state index contributed by atoms with van der Waals surface area (Å²) in [6, 6.07) is 17.5. The largest absolute Gasteiger partial charge is 0.497 e. The van der Waals surface area contributed by atoms with Gasteiger partial charge in [-0.25, -0.2) is 8.42 Å². The fourth-order valence-corrected chi connectivity index (χ4v) is 5.62. The number of methoxy groups -OCH3 is 1. The molecule has 166 valence electrons. The smallest absolute Gasteiger partial charge is 0.264 e. The third kappa shape index (κ3) is 4.34. The minimum absolute atomic E-state index is 0.185. The number of nitrogens with one attached hydrogen (secondary N) is 1. The normalized spacial score (nSPS) is 13.4. The third-order valence-electron chi connectivity index (χ3n) is 5.54. The molecule has 1 N–H and O–H groups in total. The Bertz CT molecular complexity index is 1250. The van der Waals surface area contributed by atoms with Gasteiger partial charge in [0.25, 0.3) is 15.9 Å². The molecule has 0 spiro atoms. The van der Waals surface area contributed by atoms with E-state index in [0.29, 0.717) is 35.7 Å². The molecule has 32 heavy (non-hydrogen) atoms. The van der Waals surface area contributed by atoms with Crippen LogP contribution in [0.5, 0.6) is 5.75 Å². The Hall–Kier alpha value is -3.32. The summed E-state index contributed by atoms with van der Waals surface area (Å²) in [5.74, 6) is 0.419. The molecular weight excluding hydrogens is 424 g/mol. The number of carbonyl (C=O) groups excluding carboxylic acids is 1. The van der Waals surface area contributed by atoms with E-state index in [0.717, 1.165) is 23.1 Å². The number of rotatable bonds is 5. The molecule has 0 saturated heterocycles. The molecule has 7 heteroatoms. The van der Waals surface area contributed by atoms with Crippen LogP contribution in [0.3, 0.4) is 0 Å². The molecule has 1 amide bonds. The molecule has 1 aliphatic rings. The molecule has 0 aliphatic carbocycles. The molecule has 1 aliphatic heterocycles. The summed E-state index contributed by atoms with van der Waals surface area (Å²) in [6.45, 7) is 4.33. The van der Waals surface area contributed by atoms with Gasteiger partial charge in [0.05, 0.1) is 17.7 Å². The highest BCUT2D eigenvalue weighted by Gasteiger charge is 2.29. The first-order chi connectivity index (χ1) is 15.3. The van der Waals surface area contributed by atoms with Crippen molar-refractivity contribution in [3.8, 4) is 5.75 Å². The highest BCUT2D eigenvalue weighted by atomic mass is 32.2. The van der Waals surface area contributed by atoms with Gasteiger partial charge in [0.15, 0.2) is 0 Å². The number of sulfonamides is 1. The van der Waals surface area contributed by atoms with Crippen molar-refractivity contribution in [2.75, 3.05) is 23.3 Å². The fourth-order valence-electron chi connectivity index (χ4n) is 4.07. The van der Waals surface area contributed by atoms with Crippen molar-refractivity contribution in [3.05, 3.63) is 82.9 Å². The molecule has 0 fully saturated rings. The van der Waals surface area contributed by atoms with Gasteiger partial charge in [-0.2, -0.15) is 0 Å². The Morgan fingerprint density at radius 1 is 0.969 bits per heavy atom. The van der Waals surface area contributed by atoms with Gasteiger partial charge in [-0.3, -0.25) is 9.10 Å². The Morgan fingerprint density at radius 3 is 2.31 bits per heavy atom. The van der Waals surface area contributed by atoms with E-state index in [9.17, 15) is 13.2 Å². The van der Waals surface area contributed by atoms with Crippen LogP contribution in [0.15, 0.2) is 65.6 Å². The van der Waals surface area contributed by atoms with Gasteiger partial charge in [0.1, 0.15) is 5.75 Å². The van der Waals surface area contributed by atoms with Crippen LogP contribution in [-0.2, 0) is 16.4 Å². The summed E-state index contributed by atoms with van der Waals surface area (Å²) in [5.41, 5.74) is 4.85. The zero-order valence-corrected chi connectivity index (χ0v) is 19.2. The average Bonchev–Trinajstić information content (AvgIpc) is 2.78. The van der Waals surface area contributed by atoms with Crippen LogP contribution in [0.2, 0.25) is 0 Å². The van der Waals surface area contributed by atoms with Gasteiger partial charge in [0.2, 0.25) is 0 Å². The lowest BCUT2D eigenvalue weighted by Crippen LogP contribution is -2.35. The topological polar surface area (TPSA) is 75.7 Å². The molecule has 3 aromatic carbocycles. The molecule has 0 aromatic heterocycles. The number of hydrogen-bond acceptors (Lipinski definition) is 4. The number of aryl methyl sites for hydroxylation is 3. The summed E-state index contributed by atoms with van der Waals surface area (Å²) < 4.78 is 33.1. The van der Waals surface area contributed by atoms with Gasteiger partial charge < -0.3 is 10.1 Å². The van der Waals surface area contributed by atoms with E-state index in [4.69, 9.17) is 4.74 Å². The SMILES string of the molecule is COc1ccc(S(=O)(=O)N2CCCc3cc(NC(=O)c4cc(C)cc(C)c4)ccc32)cc1. The summed E-state index contributed by atoms with van der Waals surface area (Å²) in [4.78, 5) is 12.9. The van der Waals surface area contributed by atoms with E-state index in [-0.39, 0.29) is 10.8 Å². The Morgan fingerprint density at radius 2 is 1.66 bits per heavy atom. The summed E-state index contributed by atoms with van der Waals surface area (Å²) in [7, 11) is -2.16. The first kappa shape index (κ1) is 21.9. The van der Waals surface area contributed by atoms with Crippen LogP contribution in [0.4, 0.5) is 11.4 Å². The lowest BCUT2D eigenvalue weighted by atomic mass is 10.0. The predicted molar refractivity (Wildman–Crippen MR) is 126 cm³/mol. The second-order valence-corrected chi connectivity index (χ2v) is 9.89. The van der Waals surface area contributed by atoms with E-state index in [1.54, 1.807) is 43.5 Å². The van der Waals surface area contributed by atoms with Gasteiger partial charge in [-0.1, -0.05) is 17.2 Å². The van der Waals surface area contributed by atoms with Crippen molar-refractivity contribution < 1.29 is 17.9 Å². The van der Waals surface area contributed by atoms with Gasteiger partial charge >= 0.3 is 0 Å². The molecule has 1 heterocycles. The monoisotopic (exact) mass is 450 g/mol. The van der Waals surface area contributed by atoms with E-state index in [1.165, 1.54) is 4.31 Å². The molecule has 0 radical (unpaired) electrons. The minimum atomic E-state index is -3.70. The fraction of sp³-hybridized carbons (Fsp3) is 0.240. The minimum Gasteiger partial charge on any atom is -0.497 e. The highest BCUT2D eigenvalue weighted by molar-refractivity contribution is 7.92. The van der Waals surface area contributed by atoms with Crippen molar-refractivity contribution in [2.24, 2.45) is 0 Å². The second-order valence-electron chi connectivity index (χ2n) is 8.03. The number of carbonyl (C=O) groups is 1. The van der Waals surface area contributed by atoms with E-state index in [2.05, 4.69) is 5.32 Å². The van der Waals surface area contributed by atoms with Gasteiger partial charge in [0, 0.05) is 17.8 Å². The number of fused-ring (bicyclic) bond motifs is 1. The number of benzene rings is 3. The van der Waals surface area contributed by atoms with Crippen molar-refractivity contribution in [2.45, 2.75) is 31.6 Å². The van der Waals surface area contributed by atoms with Crippen molar-refractivity contribution in [3.63, 3.8) is 0 Å². The van der Waals surface area contributed by atoms with Crippen molar-refractivity contribution in [1.29, 1.82) is 0 Å². The van der Waals surface area contributed by atoms with E-state index < -0.39 is 10.0 Å². The number of anilines is 2. The zero-order valence-electron chi connectivity index (χ0n) is 18.4. The zero-order chi connectivity index (χ0) is 22.9. The van der Waals surface area contributed by atoms with Crippen LogP contribution >= 0.6 is 0 Å². The number of ether oxygens (including phenoxy) is 1. The molecule has 0 unspecified atom stereocenters. The molecule has 6 nitrogen and oxygen atoms in total. The summed E-state index contributed by atoms with van der Waals surface area (Å²) in [6.07, 6.45) is 1.45. The number of hydrogen-bond donors (Lipinski definition) is 1. The third-order valence-corrected chi connectivity index (χ3v) is 7.37. The van der Waals surface area contributed by atoms with Gasteiger partial charge in [-0.15, -0.1) is 0 Å². The first-order valence-corrected chi connectivity index (χ1v) is 11.9. The van der Waals surface area contributed by atoms with Crippen LogP contribution < -0.4 is 14.4 Å². The van der Waals surface area contributed by atoms with Crippen molar-refractivity contribution in [1.82, 2.24) is 0 Å². The maximum atomic E-state index is 13.3. The van der Waals surface area contributed by atoms with Crippen molar-refractivity contribution >= 4 is 27.3 Å². The van der Waals surface area contributed by atoms with Gasteiger partial charge in [-0.05, 0) is 86.8 Å². The number of nitrogens with zero attached hydrogens (tertiary/aromatic N) is 1. The predicted octanol–water partition coefficient (Wildman–Crippen LogP) is 4.71. The maximum Gasteiger partial charge on any atom is 0.264 e. The molecular formula is C25H26N2O4S. The Balaban J connectivity index is 1.60. The summed E-state index contributed by atoms with van der Waals surface area (Å²) >= 11 is 0. The number of amides is 1. The van der Waals surface area contributed by atoms with Crippen LogP contribution in [0, 0.1) is 13.8 Å². The van der Waals surface area contributed by atoms with E-state index in [1.807, 2.05) is 38.1 Å². The molecule has 4 rings (SSSR count). The summed E-state index contributed by atoms with van der Waals surface area (Å²) in [5, 5.41) is 2.94. The molecule has 0 atom stereocenters. The molecule has 0 saturated carbocycles.